The lowest BCUT2D eigenvalue weighted by molar-refractivity contribution is -0.134. The molecule has 0 saturated heterocycles. The van der Waals surface area contributed by atoms with E-state index in [2.05, 4.69) is 20.7 Å². The second kappa shape index (κ2) is 5.66. The standard InChI is InChI=1S/C10H8BrClO4S/c1-16-10(13)5-3-7-2-4-8(11)6-9(7)17(12,14)15/h2-6H,1H3/b5-3+. The maximum Gasteiger partial charge on any atom is 0.330 e. The summed E-state index contributed by atoms with van der Waals surface area (Å²) in [6.45, 7) is 0. The third-order valence-electron chi connectivity index (χ3n) is 1.84. The van der Waals surface area contributed by atoms with Gasteiger partial charge in [0, 0.05) is 21.2 Å². The molecule has 0 atom stereocenters. The number of ether oxygens (including phenoxy) is 1. The molecule has 92 valence electrons. The number of methoxy groups -OCH3 is 1. The summed E-state index contributed by atoms with van der Waals surface area (Å²) in [4.78, 5) is 10.8. The highest BCUT2D eigenvalue weighted by Crippen LogP contribution is 2.25. The van der Waals surface area contributed by atoms with Crippen LogP contribution in [-0.4, -0.2) is 21.5 Å². The van der Waals surface area contributed by atoms with Crippen LogP contribution in [0.4, 0.5) is 0 Å². The van der Waals surface area contributed by atoms with Gasteiger partial charge in [0.2, 0.25) is 0 Å². The van der Waals surface area contributed by atoms with Crippen LogP contribution in [0, 0.1) is 0 Å². The highest BCUT2D eigenvalue weighted by molar-refractivity contribution is 9.10. The predicted molar refractivity (Wildman–Crippen MR) is 68.2 cm³/mol. The molecular formula is C10H8BrClO4S. The molecular weight excluding hydrogens is 332 g/mol. The van der Waals surface area contributed by atoms with E-state index in [0.717, 1.165) is 6.08 Å². The van der Waals surface area contributed by atoms with Crippen LogP contribution < -0.4 is 0 Å². The predicted octanol–water partition coefficient (Wildman–Crippen LogP) is 2.56. The smallest absolute Gasteiger partial charge is 0.330 e. The molecule has 0 aliphatic rings. The Morgan fingerprint density at radius 3 is 2.65 bits per heavy atom. The molecule has 0 radical (unpaired) electrons. The van der Waals surface area contributed by atoms with E-state index in [1.807, 2.05) is 0 Å². The van der Waals surface area contributed by atoms with Crippen LogP contribution in [0.3, 0.4) is 0 Å². The third kappa shape index (κ3) is 4.14. The summed E-state index contributed by atoms with van der Waals surface area (Å²) in [6, 6.07) is 4.53. The zero-order valence-electron chi connectivity index (χ0n) is 8.68. The van der Waals surface area contributed by atoms with Crippen molar-refractivity contribution in [2.24, 2.45) is 0 Å². The molecule has 7 heteroatoms. The summed E-state index contributed by atoms with van der Waals surface area (Å²) < 4.78 is 27.6. The molecule has 1 aromatic rings. The normalized spacial score (nSPS) is 11.7. The number of halogens is 2. The van der Waals surface area contributed by atoms with Crippen LogP contribution in [-0.2, 0) is 18.6 Å². The van der Waals surface area contributed by atoms with E-state index in [-0.39, 0.29) is 4.90 Å². The highest BCUT2D eigenvalue weighted by atomic mass is 79.9. The maximum atomic E-state index is 11.3. The molecule has 0 unspecified atom stereocenters. The summed E-state index contributed by atoms with van der Waals surface area (Å²) >= 11 is 3.14. The van der Waals surface area contributed by atoms with Crippen molar-refractivity contribution >= 4 is 47.7 Å². The number of hydrogen-bond donors (Lipinski definition) is 0. The minimum absolute atomic E-state index is 0.0753. The number of esters is 1. The van der Waals surface area contributed by atoms with Crippen molar-refractivity contribution < 1.29 is 17.9 Å². The summed E-state index contributed by atoms with van der Waals surface area (Å²) in [5.41, 5.74) is 0.314. The van der Waals surface area contributed by atoms with Gasteiger partial charge in [-0.1, -0.05) is 22.0 Å². The highest BCUT2D eigenvalue weighted by Gasteiger charge is 2.14. The molecule has 0 fully saturated rings. The molecule has 0 heterocycles. The third-order valence-corrected chi connectivity index (χ3v) is 3.71. The first-order chi connectivity index (χ1) is 7.84. The molecule has 0 amide bonds. The lowest BCUT2D eigenvalue weighted by Crippen LogP contribution is -1.96. The number of carbonyl (C=O) groups is 1. The minimum atomic E-state index is -3.87. The molecule has 4 nitrogen and oxygen atoms in total. The Hall–Kier alpha value is -0.850. The Morgan fingerprint density at radius 2 is 2.12 bits per heavy atom. The van der Waals surface area contributed by atoms with Gasteiger partial charge in [-0.2, -0.15) is 0 Å². The first-order valence-electron chi connectivity index (χ1n) is 4.35. The van der Waals surface area contributed by atoms with Gasteiger partial charge >= 0.3 is 5.97 Å². The van der Waals surface area contributed by atoms with Gasteiger partial charge in [0.1, 0.15) is 0 Å². The van der Waals surface area contributed by atoms with E-state index >= 15 is 0 Å². The van der Waals surface area contributed by atoms with E-state index in [1.54, 1.807) is 6.07 Å². The van der Waals surface area contributed by atoms with Crippen molar-refractivity contribution in [3.05, 3.63) is 34.3 Å². The van der Waals surface area contributed by atoms with Crippen LogP contribution in [0.1, 0.15) is 5.56 Å². The zero-order valence-corrected chi connectivity index (χ0v) is 11.8. The fourth-order valence-corrected chi connectivity index (χ4v) is 2.68. The van der Waals surface area contributed by atoms with Crippen molar-refractivity contribution in [2.75, 3.05) is 7.11 Å². The largest absolute Gasteiger partial charge is 0.466 e. The Morgan fingerprint density at radius 1 is 1.47 bits per heavy atom. The average molecular weight is 340 g/mol. The van der Waals surface area contributed by atoms with Crippen LogP contribution in [0.2, 0.25) is 0 Å². The van der Waals surface area contributed by atoms with Crippen molar-refractivity contribution in [1.82, 2.24) is 0 Å². The number of rotatable bonds is 3. The van der Waals surface area contributed by atoms with Crippen LogP contribution in [0.25, 0.3) is 6.08 Å². The Balaban J connectivity index is 3.26. The number of hydrogen-bond acceptors (Lipinski definition) is 4. The van der Waals surface area contributed by atoms with Crippen molar-refractivity contribution in [3.63, 3.8) is 0 Å². The van der Waals surface area contributed by atoms with Gasteiger partial charge in [-0.3, -0.25) is 0 Å². The van der Waals surface area contributed by atoms with Gasteiger partial charge in [-0.05, 0) is 23.8 Å². The first kappa shape index (κ1) is 14.2. The summed E-state index contributed by atoms with van der Waals surface area (Å²) in [5.74, 6) is -0.578. The molecule has 0 aliphatic heterocycles. The summed E-state index contributed by atoms with van der Waals surface area (Å²) in [5, 5.41) is 0. The number of carbonyl (C=O) groups excluding carboxylic acids is 1. The Kier molecular flexibility index (Phi) is 4.73. The maximum absolute atomic E-state index is 11.3. The van der Waals surface area contributed by atoms with Crippen LogP contribution in [0.15, 0.2) is 33.6 Å². The quantitative estimate of drug-likeness (QED) is 0.482. The fraction of sp³-hybridized carbons (Fsp3) is 0.100. The molecule has 1 rings (SSSR count). The molecule has 0 aromatic heterocycles. The molecule has 0 N–H and O–H groups in total. The van der Waals surface area contributed by atoms with Gasteiger partial charge in [-0.15, -0.1) is 0 Å². The molecule has 1 aromatic carbocycles. The van der Waals surface area contributed by atoms with E-state index in [1.165, 1.54) is 25.3 Å². The lowest BCUT2D eigenvalue weighted by atomic mass is 10.2. The van der Waals surface area contributed by atoms with E-state index in [0.29, 0.717) is 10.0 Å². The van der Waals surface area contributed by atoms with Crippen LogP contribution >= 0.6 is 26.6 Å². The Bertz CT molecular complexity index is 566. The molecule has 0 spiro atoms. The van der Waals surface area contributed by atoms with Gasteiger partial charge in [0.15, 0.2) is 0 Å². The molecule has 0 saturated carbocycles. The van der Waals surface area contributed by atoms with Crippen LogP contribution in [0.5, 0.6) is 0 Å². The van der Waals surface area contributed by atoms with E-state index in [4.69, 9.17) is 10.7 Å². The zero-order chi connectivity index (χ0) is 13.1. The van der Waals surface area contributed by atoms with E-state index < -0.39 is 15.0 Å². The van der Waals surface area contributed by atoms with Gasteiger partial charge in [-0.25, -0.2) is 13.2 Å². The average Bonchev–Trinajstić information content (AvgIpc) is 2.25. The van der Waals surface area contributed by atoms with Crippen molar-refractivity contribution in [3.8, 4) is 0 Å². The van der Waals surface area contributed by atoms with Crippen molar-refractivity contribution in [1.29, 1.82) is 0 Å². The summed E-state index contributed by atoms with van der Waals surface area (Å²) in [7, 11) is 2.64. The molecule has 0 aliphatic carbocycles. The van der Waals surface area contributed by atoms with Gasteiger partial charge in [0.25, 0.3) is 9.05 Å². The van der Waals surface area contributed by atoms with Crippen molar-refractivity contribution in [2.45, 2.75) is 4.90 Å². The van der Waals surface area contributed by atoms with Gasteiger partial charge in [0.05, 0.1) is 12.0 Å². The fourth-order valence-electron chi connectivity index (χ4n) is 1.08. The van der Waals surface area contributed by atoms with Gasteiger partial charge < -0.3 is 4.74 Å². The SMILES string of the molecule is COC(=O)/C=C/c1ccc(Br)cc1S(=O)(=O)Cl. The number of benzene rings is 1. The second-order valence-corrected chi connectivity index (χ2v) is 6.43. The lowest BCUT2D eigenvalue weighted by Gasteiger charge is -2.02. The monoisotopic (exact) mass is 338 g/mol. The first-order valence-corrected chi connectivity index (χ1v) is 7.45. The minimum Gasteiger partial charge on any atom is -0.466 e. The topological polar surface area (TPSA) is 60.4 Å². The Labute approximate surface area is 112 Å². The summed E-state index contributed by atoms with van der Waals surface area (Å²) in [6.07, 6.45) is 2.45. The molecule has 17 heavy (non-hydrogen) atoms. The molecule has 0 bridgehead atoms. The second-order valence-electron chi connectivity index (χ2n) is 2.98. The van der Waals surface area contributed by atoms with E-state index in [9.17, 15) is 13.2 Å².